The minimum Gasteiger partial charge on any atom is -0.215 e. The van der Waals surface area contributed by atoms with Gasteiger partial charge in [-0.2, -0.15) is 5.26 Å². The lowest BCUT2D eigenvalue weighted by molar-refractivity contribution is 0.459. The molecule has 0 amide bonds. The summed E-state index contributed by atoms with van der Waals surface area (Å²) in [5.41, 5.74) is 1.54. The van der Waals surface area contributed by atoms with E-state index in [2.05, 4.69) is 19.9 Å². The van der Waals surface area contributed by atoms with Crippen LogP contribution >= 0.6 is 0 Å². The van der Waals surface area contributed by atoms with Crippen LogP contribution in [0.15, 0.2) is 35.7 Å². The Morgan fingerprint density at radius 1 is 1.67 bits per heavy atom. The molecule has 0 fully saturated rings. The SMILES string of the molecule is CC(C)C1C=C(/C=C(C#N)\C=C\F)CC1. The highest BCUT2D eigenvalue weighted by Crippen LogP contribution is 2.30. The standard InChI is InChI=1S/C13H16FN/c1-10(2)13-4-3-11(8-13)7-12(9-15)5-6-14/h5-8,10,13H,3-4H2,1-2H3/b6-5+,12-7+. The average Bonchev–Trinajstić information content (AvgIpc) is 2.65. The molecule has 1 nitrogen and oxygen atoms in total. The van der Waals surface area contributed by atoms with Gasteiger partial charge < -0.3 is 0 Å². The van der Waals surface area contributed by atoms with Crippen LogP contribution in [0.4, 0.5) is 4.39 Å². The zero-order valence-electron chi connectivity index (χ0n) is 9.20. The number of hydrogen-bond acceptors (Lipinski definition) is 1. The number of hydrogen-bond donors (Lipinski definition) is 0. The van der Waals surface area contributed by atoms with Crippen molar-refractivity contribution in [1.82, 2.24) is 0 Å². The minimum absolute atomic E-state index is 0.383. The quantitative estimate of drug-likeness (QED) is 0.506. The lowest BCUT2D eigenvalue weighted by atomic mass is 9.96. The van der Waals surface area contributed by atoms with Crippen LogP contribution in [-0.4, -0.2) is 0 Å². The van der Waals surface area contributed by atoms with E-state index in [9.17, 15) is 4.39 Å². The van der Waals surface area contributed by atoms with Crippen LogP contribution in [0.1, 0.15) is 26.7 Å². The highest BCUT2D eigenvalue weighted by Gasteiger charge is 2.17. The summed E-state index contributed by atoms with van der Waals surface area (Å²) >= 11 is 0. The Hall–Kier alpha value is -1.36. The van der Waals surface area contributed by atoms with E-state index in [1.54, 1.807) is 6.08 Å². The van der Waals surface area contributed by atoms with Crippen molar-refractivity contribution in [3.63, 3.8) is 0 Å². The number of nitrogens with zero attached hydrogens (tertiary/aromatic N) is 1. The zero-order valence-corrected chi connectivity index (χ0v) is 9.20. The van der Waals surface area contributed by atoms with Crippen molar-refractivity contribution in [2.45, 2.75) is 26.7 Å². The molecule has 0 saturated carbocycles. The van der Waals surface area contributed by atoms with E-state index in [1.807, 2.05) is 6.07 Å². The third-order valence-corrected chi connectivity index (χ3v) is 2.76. The van der Waals surface area contributed by atoms with E-state index in [0.29, 0.717) is 23.7 Å². The van der Waals surface area contributed by atoms with Gasteiger partial charge in [0.25, 0.3) is 0 Å². The van der Waals surface area contributed by atoms with Gasteiger partial charge in [0, 0.05) is 0 Å². The Morgan fingerprint density at radius 3 is 2.87 bits per heavy atom. The maximum atomic E-state index is 11.9. The Morgan fingerprint density at radius 2 is 2.40 bits per heavy atom. The molecule has 0 aromatic carbocycles. The molecule has 1 rings (SSSR count). The molecule has 0 bridgehead atoms. The van der Waals surface area contributed by atoms with Gasteiger partial charge in [0.15, 0.2) is 0 Å². The third-order valence-electron chi connectivity index (χ3n) is 2.76. The largest absolute Gasteiger partial charge is 0.215 e. The summed E-state index contributed by atoms with van der Waals surface area (Å²) in [6.45, 7) is 4.39. The molecular weight excluding hydrogens is 189 g/mol. The van der Waals surface area contributed by atoms with Gasteiger partial charge in [-0.15, -0.1) is 0 Å². The predicted molar refractivity (Wildman–Crippen MR) is 59.6 cm³/mol. The van der Waals surface area contributed by atoms with Crippen molar-refractivity contribution < 1.29 is 4.39 Å². The lowest BCUT2D eigenvalue weighted by Gasteiger charge is -2.09. The number of allylic oxidation sites excluding steroid dienone is 5. The number of rotatable bonds is 3. The molecule has 15 heavy (non-hydrogen) atoms. The molecule has 0 saturated heterocycles. The molecule has 1 unspecified atom stereocenters. The van der Waals surface area contributed by atoms with Crippen molar-refractivity contribution in [3.8, 4) is 6.07 Å². The highest BCUT2D eigenvalue weighted by atomic mass is 19.1. The summed E-state index contributed by atoms with van der Waals surface area (Å²) in [7, 11) is 0. The van der Waals surface area contributed by atoms with Crippen LogP contribution in [0.3, 0.4) is 0 Å². The second-order valence-electron chi connectivity index (χ2n) is 4.19. The Balaban J connectivity index is 2.75. The molecule has 2 heteroatoms. The van der Waals surface area contributed by atoms with E-state index >= 15 is 0 Å². The molecule has 0 spiro atoms. The van der Waals surface area contributed by atoms with Gasteiger partial charge in [-0.3, -0.25) is 0 Å². The Kier molecular flexibility index (Phi) is 4.30. The maximum Gasteiger partial charge on any atom is 0.0992 e. The maximum absolute atomic E-state index is 11.9. The summed E-state index contributed by atoms with van der Waals surface area (Å²) in [5.74, 6) is 1.24. The first-order valence-electron chi connectivity index (χ1n) is 5.26. The van der Waals surface area contributed by atoms with Crippen molar-refractivity contribution in [2.24, 2.45) is 11.8 Å². The van der Waals surface area contributed by atoms with Crippen molar-refractivity contribution in [1.29, 1.82) is 5.26 Å². The van der Waals surface area contributed by atoms with Crippen LogP contribution in [0.5, 0.6) is 0 Å². The van der Waals surface area contributed by atoms with Gasteiger partial charge in [-0.25, -0.2) is 4.39 Å². The van der Waals surface area contributed by atoms with Crippen LogP contribution in [0.2, 0.25) is 0 Å². The van der Waals surface area contributed by atoms with Gasteiger partial charge >= 0.3 is 0 Å². The lowest BCUT2D eigenvalue weighted by Crippen LogP contribution is -2.00. The summed E-state index contributed by atoms with van der Waals surface area (Å²) in [4.78, 5) is 0. The monoisotopic (exact) mass is 205 g/mol. The molecular formula is C13H16FN. The normalized spacial score (nSPS) is 22.2. The Bertz CT molecular complexity index is 342. The topological polar surface area (TPSA) is 23.8 Å². The van der Waals surface area contributed by atoms with Gasteiger partial charge in [-0.1, -0.05) is 25.5 Å². The predicted octanol–water partition coefficient (Wildman–Crippen LogP) is 3.91. The molecule has 0 aliphatic heterocycles. The van der Waals surface area contributed by atoms with Gasteiger partial charge in [-0.05, 0) is 36.8 Å². The summed E-state index contributed by atoms with van der Waals surface area (Å²) in [6, 6.07) is 1.97. The number of nitriles is 1. The van der Waals surface area contributed by atoms with Crippen LogP contribution in [0, 0.1) is 23.2 Å². The summed E-state index contributed by atoms with van der Waals surface area (Å²) < 4.78 is 11.9. The molecule has 1 atom stereocenters. The highest BCUT2D eigenvalue weighted by molar-refractivity contribution is 5.40. The van der Waals surface area contributed by atoms with Crippen LogP contribution in [-0.2, 0) is 0 Å². The summed E-state index contributed by atoms with van der Waals surface area (Å²) in [6.07, 6.45) is 7.72. The van der Waals surface area contributed by atoms with E-state index in [1.165, 1.54) is 6.08 Å². The first kappa shape index (κ1) is 11.7. The van der Waals surface area contributed by atoms with Crippen LogP contribution < -0.4 is 0 Å². The fourth-order valence-corrected chi connectivity index (χ4v) is 1.81. The first-order valence-corrected chi connectivity index (χ1v) is 5.26. The van der Waals surface area contributed by atoms with Crippen molar-refractivity contribution in [2.75, 3.05) is 0 Å². The molecule has 0 N–H and O–H groups in total. The minimum atomic E-state index is 0.383. The van der Waals surface area contributed by atoms with E-state index in [0.717, 1.165) is 18.4 Å². The van der Waals surface area contributed by atoms with Crippen LogP contribution in [0.25, 0.3) is 0 Å². The second kappa shape index (κ2) is 5.50. The zero-order chi connectivity index (χ0) is 11.3. The van der Waals surface area contributed by atoms with E-state index < -0.39 is 0 Å². The second-order valence-corrected chi connectivity index (χ2v) is 4.19. The van der Waals surface area contributed by atoms with E-state index in [-0.39, 0.29) is 0 Å². The summed E-state index contributed by atoms with van der Waals surface area (Å²) in [5, 5.41) is 8.73. The molecule has 0 heterocycles. The smallest absolute Gasteiger partial charge is 0.0992 e. The molecule has 0 radical (unpaired) electrons. The van der Waals surface area contributed by atoms with Gasteiger partial charge in [0.1, 0.15) is 0 Å². The fraction of sp³-hybridized carbons (Fsp3) is 0.462. The third kappa shape index (κ3) is 3.36. The van der Waals surface area contributed by atoms with Crippen molar-refractivity contribution in [3.05, 3.63) is 35.7 Å². The molecule has 1 aliphatic rings. The molecule has 0 aromatic rings. The molecule has 1 aliphatic carbocycles. The first-order chi connectivity index (χ1) is 7.17. The Labute approximate surface area is 90.6 Å². The number of halogens is 1. The average molecular weight is 205 g/mol. The van der Waals surface area contributed by atoms with Gasteiger partial charge in [0.2, 0.25) is 0 Å². The fourth-order valence-electron chi connectivity index (χ4n) is 1.81. The van der Waals surface area contributed by atoms with E-state index in [4.69, 9.17) is 5.26 Å². The molecule has 0 aromatic heterocycles. The van der Waals surface area contributed by atoms with Crippen molar-refractivity contribution >= 4 is 0 Å². The van der Waals surface area contributed by atoms with Gasteiger partial charge in [0.05, 0.1) is 18.0 Å². The molecule has 80 valence electrons.